The summed E-state index contributed by atoms with van der Waals surface area (Å²) in [6.45, 7) is 12.1. The van der Waals surface area contributed by atoms with Crippen molar-refractivity contribution in [3.63, 3.8) is 0 Å². The minimum absolute atomic E-state index is 0.0386. The summed E-state index contributed by atoms with van der Waals surface area (Å²) in [6.07, 6.45) is 6.16. The van der Waals surface area contributed by atoms with Crippen molar-refractivity contribution in [1.29, 1.82) is 0 Å². The molecule has 0 saturated heterocycles. The molecule has 2 heterocycles. The summed E-state index contributed by atoms with van der Waals surface area (Å²) in [5.41, 5.74) is 2.13. The van der Waals surface area contributed by atoms with Crippen LogP contribution in [-0.2, 0) is 10.2 Å². The maximum Gasteiger partial charge on any atom is 0.277 e. The van der Waals surface area contributed by atoms with Crippen LogP contribution in [-0.4, -0.2) is 32.3 Å². The summed E-state index contributed by atoms with van der Waals surface area (Å²) in [5.74, 6) is -0.651. The molecule has 2 aromatic heterocycles. The molecule has 7 nitrogen and oxygen atoms in total. The van der Waals surface area contributed by atoms with Gasteiger partial charge in [-0.05, 0) is 49.9 Å². The number of carbonyl (C=O) groups excluding carboxylic acids is 2. The predicted octanol–water partition coefficient (Wildman–Crippen LogP) is 4.41. The Morgan fingerprint density at radius 3 is 2.16 bits per heavy atom. The molecule has 2 amide bonds. The second-order valence-corrected chi connectivity index (χ2v) is 9.87. The van der Waals surface area contributed by atoms with Gasteiger partial charge in [-0.15, -0.1) is 0 Å². The van der Waals surface area contributed by atoms with Crippen molar-refractivity contribution < 1.29 is 9.59 Å². The summed E-state index contributed by atoms with van der Waals surface area (Å²) in [5, 5.41) is 3.02. The third-order valence-electron chi connectivity index (χ3n) is 4.96. The monoisotopic (exact) mass is 433 g/mol. The van der Waals surface area contributed by atoms with Crippen molar-refractivity contribution in [3.8, 4) is 0 Å². The van der Waals surface area contributed by atoms with Gasteiger partial charge in [0.2, 0.25) is 5.91 Å². The van der Waals surface area contributed by atoms with E-state index in [1.807, 2.05) is 45.0 Å². The van der Waals surface area contributed by atoms with Gasteiger partial charge in [0.1, 0.15) is 11.7 Å². The lowest BCUT2D eigenvalue weighted by Crippen LogP contribution is -2.49. The van der Waals surface area contributed by atoms with Crippen LogP contribution in [0.1, 0.15) is 69.2 Å². The second kappa shape index (κ2) is 8.94. The Kier molecular flexibility index (Phi) is 6.48. The summed E-state index contributed by atoms with van der Waals surface area (Å²) < 4.78 is 0. The van der Waals surface area contributed by atoms with Gasteiger partial charge >= 0.3 is 0 Å². The Morgan fingerprint density at radius 2 is 1.66 bits per heavy atom. The van der Waals surface area contributed by atoms with E-state index in [0.29, 0.717) is 16.9 Å². The minimum Gasteiger partial charge on any atom is -0.349 e. The van der Waals surface area contributed by atoms with E-state index >= 15 is 0 Å². The fraction of sp³-hybridized carbons (Fsp3) is 0.360. The number of rotatable bonds is 5. The molecule has 0 aliphatic rings. The van der Waals surface area contributed by atoms with Crippen molar-refractivity contribution in [3.05, 3.63) is 78.1 Å². The first-order valence-corrected chi connectivity index (χ1v) is 10.6. The molecule has 0 unspecified atom stereocenters. The summed E-state index contributed by atoms with van der Waals surface area (Å²) in [7, 11) is 0. The Hall–Kier alpha value is -3.48. The van der Waals surface area contributed by atoms with E-state index < -0.39 is 11.6 Å². The van der Waals surface area contributed by atoms with Gasteiger partial charge in [-0.25, -0.2) is 4.98 Å². The highest BCUT2D eigenvalue weighted by Crippen LogP contribution is 2.32. The SMILES string of the molecule is CC(C)(C)NC(=O)[C@H](c1cccnc1)N(C(=O)c1cnc[nH]1)c1ccc(C(C)(C)C)cc1. The van der Waals surface area contributed by atoms with E-state index in [4.69, 9.17) is 0 Å². The molecule has 3 aromatic rings. The highest BCUT2D eigenvalue weighted by molar-refractivity contribution is 6.09. The molecule has 0 radical (unpaired) electrons. The fourth-order valence-corrected chi connectivity index (χ4v) is 3.40. The zero-order chi connectivity index (χ0) is 23.5. The number of nitrogens with one attached hydrogen (secondary N) is 2. The quantitative estimate of drug-likeness (QED) is 0.624. The number of H-pyrrole nitrogens is 1. The highest BCUT2D eigenvalue weighted by atomic mass is 16.2. The number of aromatic amines is 1. The van der Waals surface area contributed by atoms with Crippen molar-refractivity contribution in [2.45, 2.75) is 58.5 Å². The molecule has 0 spiro atoms. The third-order valence-corrected chi connectivity index (χ3v) is 4.96. The molecule has 0 aliphatic carbocycles. The number of hydrogen-bond acceptors (Lipinski definition) is 4. The van der Waals surface area contributed by atoms with Gasteiger partial charge in [-0.2, -0.15) is 0 Å². The number of pyridine rings is 1. The van der Waals surface area contributed by atoms with E-state index in [2.05, 4.69) is 41.0 Å². The molecule has 2 N–H and O–H groups in total. The zero-order valence-electron chi connectivity index (χ0n) is 19.5. The topological polar surface area (TPSA) is 91.0 Å². The standard InChI is InChI=1S/C25H31N5O2/c1-24(2,3)18-9-11-19(12-10-18)30(23(32)20-15-27-16-28-20)21(17-8-7-13-26-14-17)22(31)29-25(4,5)6/h7-16,21H,1-6H3,(H,27,28)(H,29,31)/t21-/m0/s1. The summed E-state index contributed by atoms with van der Waals surface area (Å²) in [4.78, 5) is 39.7. The van der Waals surface area contributed by atoms with Crippen LogP contribution in [0.5, 0.6) is 0 Å². The zero-order valence-corrected chi connectivity index (χ0v) is 19.5. The Bertz CT molecular complexity index is 1050. The molecule has 0 saturated carbocycles. The molecule has 7 heteroatoms. The van der Waals surface area contributed by atoms with Crippen LogP contribution in [0.25, 0.3) is 0 Å². The van der Waals surface area contributed by atoms with Crippen LogP contribution in [0.3, 0.4) is 0 Å². The second-order valence-electron chi connectivity index (χ2n) is 9.87. The maximum absolute atomic E-state index is 13.6. The lowest BCUT2D eigenvalue weighted by atomic mass is 9.87. The van der Waals surface area contributed by atoms with Gasteiger partial charge in [0, 0.05) is 29.2 Å². The normalized spacial score (nSPS) is 12.8. The van der Waals surface area contributed by atoms with Crippen molar-refractivity contribution >= 4 is 17.5 Å². The van der Waals surface area contributed by atoms with Crippen LogP contribution in [0.4, 0.5) is 5.69 Å². The van der Waals surface area contributed by atoms with Crippen molar-refractivity contribution in [2.24, 2.45) is 0 Å². The number of anilines is 1. The van der Waals surface area contributed by atoms with Gasteiger partial charge in [0.15, 0.2) is 0 Å². The highest BCUT2D eigenvalue weighted by Gasteiger charge is 2.35. The number of amides is 2. The van der Waals surface area contributed by atoms with Gasteiger partial charge in [0.05, 0.1) is 12.5 Å². The lowest BCUT2D eigenvalue weighted by molar-refractivity contribution is -0.123. The average molecular weight is 434 g/mol. The summed E-state index contributed by atoms with van der Waals surface area (Å²) in [6, 6.07) is 10.4. The largest absolute Gasteiger partial charge is 0.349 e. The fourth-order valence-electron chi connectivity index (χ4n) is 3.40. The van der Waals surface area contributed by atoms with E-state index in [-0.39, 0.29) is 17.2 Å². The van der Waals surface area contributed by atoms with Crippen LogP contribution >= 0.6 is 0 Å². The Labute approximate surface area is 189 Å². The molecule has 1 atom stereocenters. The first-order chi connectivity index (χ1) is 15.0. The molecule has 0 fully saturated rings. The number of nitrogens with zero attached hydrogens (tertiary/aromatic N) is 3. The van der Waals surface area contributed by atoms with Crippen LogP contribution < -0.4 is 10.2 Å². The molecule has 32 heavy (non-hydrogen) atoms. The first kappa shape index (κ1) is 23.2. The molecule has 1 aromatic carbocycles. The molecule has 168 valence electrons. The van der Waals surface area contributed by atoms with Crippen molar-refractivity contribution in [2.75, 3.05) is 4.90 Å². The summed E-state index contributed by atoms with van der Waals surface area (Å²) >= 11 is 0. The molecule has 3 rings (SSSR count). The Balaban J connectivity index is 2.15. The molecular formula is C25H31N5O2. The first-order valence-electron chi connectivity index (χ1n) is 10.6. The van der Waals surface area contributed by atoms with Gasteiger partial charge in [-0.1, -0.05) is 39.0 Å². The van der Waals surface area contributed by atoms with Crippen LogP contribution in [0.15, 0.2) is 61.3 Å². The minimum atomic E-state index is -0.917. The van der Waals surface area contributed by atoms with E-state index in [1.165, 1.54) is 17.4 Å². The lowest BCUT2D eigenvalue weighted by Gasteiger charge is -2.33. The molecular weight excluding hydrogens is 402 g/mol. The van der Waals surface area contributed by atoms with Crippen molar-refractivity contribution in [1.82, 2.24) is 20.3 Å². The third kappa shape index (κ3) is 5.41. The van der Waals surface area contributed by atoms with Gasteiger partial charge < -0.3 is 10.3 Å². The number of carbonyl (C=O) groups is 2. The Morgan fingerprint density at radius 1 is 0.969 bits per heavy atom. The average Bonchev–Trinajstić information content (AvgIpc) is 3.25. The smallest absolute Gasteiger partial charge is 0.277 e. The number of hydrogen-bond donors (Lipinski definition) is 2. The van der Waals surface area contributed by atoms with E-state index in [0.717, 1.165) is 5.56 Å². The molecule has 0 aliphatic heterocycles. The van der Waals surface area contributed by atoms with Crippen LogP contribution in [0, 0.1) is 0 Å². The van der Waals surface area contributed by atoms with Gasteiger partial charge in [0.25, 0.3) is 5.91 Å². The van der Waals surface area contributed by atoms with Crippen LogP contribution in [0.2, 0.25) is 0 Å². The maximum atomic E-state index is 13.6. The predicted molar refractivity (Wildman–Crippen MR) is 125 cm³/mol. The van der Waals surface area contributed by atoms with Gasteiger partial charge in [-0.3, -0.25) is 19.5 Å². The number of benzene rings is 1. The number of aromatic nitrogens is 3. The number of imidazole rings is 1. The van der Waals surface area contributed by atoms with E-state index in [9.17, 15) is 9.59 Å². The van der Waals surface area contributed by atoms with E-state index in [1.54, 1.807) is 24.5 Å². The molecule has 0 bridgehead atoms.